The third kappa shape index (κ3) is 3.65. The lowest BCUT2D eigenvalue weighted by Crippen LogP contribution is -2.36. The van der Waals surface area contributed by atoms with Crippen LogP contribution in [0.4, 0.5) is 17.6 Å². The van der Waals surface area contributed by atoms with Crippen LogP contribution in [-0.2, 0) is 24.2 Å². The summed E-state index contributed by atoms with van der Waals surface area (Å²) < 4.78 is 63.0. The zero-order valence-corrected chi connectivity index (χ0v) is 15.9. The molecule has 0 bridgehead atoms. The molecule has 4 nitrogen and oxygen atoms in total. The Morgan fingerprint density at radius 3 is 2.37 bits per heavy atom. The third-order valence-corrected chi connectivity index (χ3v) is 5.38. The van der Waals surface area contributed by atoms with Gasteiger partial charge in [0.15, 0.2) is 28.0 Å². The number of nitrogens with zero attached hydrogens (tertiary/aromatic N) is 2. The average Bonchev–Trinajstić information content (AvgIpc) is 3.16. The van der Waals surface area contributed by atoms with Crippen LogP contribution in [0, 0.1) is 28.0 Å². The van der Waals surface area contributed by atoms with E-state index >= 15 is 0 Å². The quantitative estimate of drug-likeness (QED) is 0.464. The van der Waals surface area contributed by atoms with Crippen LogP contribution in [0.15, 0.2) is 6.07 Å². The molecule has 2 aromatic rings. The van der Waals surface area contributed by atoms with Gasteiger partial charge >= 0.3 is 0 Å². The van der Waals surface area contributed by atoms with Gasteiger partial charge in [0.25, 0.3) is 0 Å². The van der Waals surface area contributed by atoms with E-state index in [1.54, 1.807) is 4.57 Å². The van der Waals surface area contributed by atoms with Crippen LogP contribution >= 0.6 is 24.6 Å². The summed E-state index contributed by atoms with van der Waals surface area (Å²) in [6.45, 7) is 3.67. The molecular weight excluding hydrogens is 406 g/mol. The molecule has 1 saturated heterocycles. The van der Waals surface area contributed by atoms with Gasteiger partial charge in [-0.25, -0.2) is 17.6 Å². The smallest absolute Gasteiger partial charge is 0.177 e. The molecule has 1 atom stereocenters. The second-order valence-corrected chi connectivity index (χ2v) is 7.02. The van der Waals surface area contributed by atoms with Crippen molar-refractivity contribution in [2.75, 3.05) is 26.3 Å². The summed E-state index contributed by atoms with van der Waals surface area (Å²) in [6.07, 6.45) is 0.267. The zero-order valence-electron chi connectivity index (χ0n) is 14.2. The van der Waals surface area contributed by atoms with E-state index in [-0.39, 0.29) is 31.4 Å². The van der Waals surface area contributed by atoms with E-state index in [1.807, 2.05) is 0 Å². The lowest BCUT2D eigenvalue weighted by Gasteiger charge is -2.26. The van der Waals surface area contributed by atoms with Gasteiger partial charge in [-0.2, -0.15) is 0 Å². The Morgan fingerprint density at radius 2 is 1.74 bits per heavy atom. The minimum absolute atomic E-state index is 0. The molecule has 4 rings (SSSR count). The fourth-order valence-corrected chi connectivity index (χ4v) is 4.06. The number of ether oxygens (including phenoxy) is 1. The largest absolute Gasteiger partial charge is 0.379 e. The fraction of sp³-hybridized carbons (Fsp3) is 0.471. The molecule has 2 aliphatic rings. The van der Waals surface area contributed by atoms with Gasteiger partial charge in [-0.1, -0.05) is 0 Å². The number of rotatable bonds is 3. The molecule has 1 aromatic heterocycles. The van der Waals surface area contributed by atoms with E-state index < -0.39 is 34.8 Å². The number of imidazole rings is 1. The Kier molecular flexibility index (Phi) is 5.95. The van der Waals surface area contributed by atoms with E-state index in [0.29, 0.717) is 24.5 Å². The van der Waals surface area contributed by atoms with Crippen LogP contribution in [0.3, 0.4) is 0 Å². The predicted molar refractivity (Wildman–Crippen MR) is 95.7 cm³/mol. The van der Waals surface area contributed by atoms with Crippen molar-refractivity contribution < 1.29 is 22.3 Å². The lowest BCUT2D eigenvalue weighted by molar-refractivity contribution is 0.0336. The first kappa shape index (κ1) is 20.3. The molecule has 1 aromatic carbocycles. The van der Waals surface area contributed by atoms with Crippen molar-refractivity contribution in [3.63, 3.8) is 0 Å². The summed E-state index contributed by atoms with van der Waals surface area (Å²) in [7, 11) is 0. The van der Waals surface area contributed by atoms with Gasteiger partial charge in [-0.15, -0.1) is 12.4 Å². The van der Waals surface area contributed by atoms with E-state index in [2.05, 4.69) is 9.88 Å². The van der Waals surface area contributed by atoms with Crippen LogP contribution in [0.25, 0.3) is 0 Å². The number of nitrogens with one attached hydrogen (secondary N) is 1. The first-order valence-electron chi connectivity index (χ1n) is 8.39. The summed E-state index contributed by atoms with van der Waals surface area (Å²) in [5, 5.41) is 0. The number of aromatic nitrogens is 2. The first-order chi connectivity index (χ1) is 12.5. The SMILES string of the molecule is Cl.Fc1cc(F)c(F)c(C2Cc3c(CN4CCOCC4)[nH]c(=S)n3C2)c1F. The number of hydrogen-bond acceptors (Lipinski definition) is 3. The monoisotopic (exact) mass is 423 g/mol. The molecule has 148 valence electrons. The summed E-state index contributed by atoms with van der Waals surface area (Å²) in [5.74, 6) is -6.12. The maximum Gasteiger partial charge on any atom is 0.177 e. The summed E-state index contributed by atoms with van der Waals surface area (Å²) in [5.41, 5.74) is 1.16. The second-order valence-electron chi connectivity index (χ2n) is 6.64. The first-order valence-corrected chi connectivity index (χ1v) is 8.80. The number of benzene rings is 1. The van der Waals surface area contributed by atoms with Crippen molar-refractivity contribution >= 4 is 24.6 Å². The Morgan fingerprint density at radius 1 is 1.11 bits per heavy atom. The normalized spacial score (nSPS) is 19.8. The highest BCUT2D eigenvalue weighted by Gasteiger charge is 2.33. The molecule has 10 heteroatoms. The molecule has 0 radical (unpaired) electrons. The number of fused-ring (bicyclic) bond motifs is 1. The van der Waals surface area contributed by atoms with Crippen LogP contribution in [-0.4, -0.2) is 40.8 Å². The number of aromatic amines is 1. The third-order valence-electron chi connectivity index (χ3n) is 5.06. The van der Waals surface area contributed by atoms with Gasteiger partial charge in [-0.05, 0) is 18.6 Å². The van der Waals surface area contributed by atoms with Crippen LogP contribution < -0.4 is 0 Å². The summed E-state index contributed by atoms with van der Waals surface area (Å²) in [6, 6.07) is 0.236. The van der Waals surface area contributed by atoms with E-state index in [0.717, 1.165) is 24.5 Å². The number of hydrogen-bond donors (Lipinski definition) is 1. The molecule has 1 N–H and O–H groups in total. The van der Waals surface area contributed by atoms with Crippen molar-refractivity contribution in [2.45, 2.75) is 25.4 Å². The lowest BCUT2D eigenvalue weighted by atomic mass is 9.95. The molecule has 1 unspecified atom stereocenters. The summed E-state index contributed by atoms with van der Waals surface area (Å²) in [4.78, 5) is 5.34. The van der Waals surface area contributed by atoms with Crippen molar-refractivity contribution in [2.24, 2.45) is 0 Å². The Hall–Kier alpha value is -1.42. The van der Waals surface area contributed by atoms with Gasteiger partial charge in [0.2, 0.25) is 0 Å². The maximum atomic E-state index is 14.2. The molecule has 2 aliphatic heterocycles. The zero-order chi connectivity index (χ0) is 18.4. The molecule has 1 fully saturated rings. The number of H-pyrrole nitrogens is 1. The standard InChI is InChI=1S/C17H17F4N3OS.ClH/c18-10-6-11(19)16(21)14(15(10)20)9-5-13-12(22-17(26)24(13)7-9)8-23-1-3-25-4-2-23;/h6,9H,1-5,7-8H2,(H,22,26);1H. The Bertz CT molecular complexity index is 884. The van der Waals surface area contributed by atoms with Crippen molar-refractivity contribution in [1.82, 2.24) is 14.5 Å². The van der Waals surface area contributed by atoms with Gasteiger partial charge in [0, 0.05) is 49.4 Å². The average molecular weight is 424 g/mol. The Balaban J connectivity index is 0.00000210. The van der Waals surface area contributed by atoms with Crippen molar-refractivity contribution in [1.29, 1.82) is 0 Å². The van der Waals surface area contributed by atoms with Crippen LogP contribution in [0.1, 0.15) is 22.9 Å². The van der Waals surface area contributed by atoms with Crippen LogP contribution in [0.2, 0.25) is 0 Å². The number of morpholine rings is 1. The van der Waals surface area contributed by atoms with Crippen molar-refractivity contribution in [3.8, 4) is 0 Å². The molecule has 0 saturated carbocycles. The minimum Gasteiger partial charge on any atom is -0.379 e. The molecule has 0 aliphatic carbocycles. The topological polar surface area (TPSA) is 33.2 Å². The Labute approximate surface area is 164 Å². The van der Waals surface area contributed by atoms with E-state index in [9.17, 15) is 17.6 Å². The van der Waals surface area contributed by atoms with Gasteiger partial charge < -0.3 is 14.3 Å². The van der Waals surface area contributed by atoms with Gasteiger partial charge in [0.05, 0.1) is 18.9 Å². The highest BCUT2D eigenvalue weighted by Crippen LogP contribution is 2.36. The van der Waals surface area contributed by atoms with Crippen molar-refractivity contribution in [3.05, 3.63) is 51.1 Å². The second kappa shape index (κ2) is 7.90. The highest BCUT2D eigenvalue weighted by atomic mass is 35.5. The minimum atomic E-state index is -1.38. The van der Waals surface area contributed by atoms with Crippen LogP contribution in [0.5, 0.6) is 0 Å². The fourth-order valence-electron chi connectivity index (χ4n) is 3.76. The van der Waals surface area contributed by atoms with Gasteiger partial charge in [-0.3, -0.25) is 4.90 Å². The molecule has 3 heterocycles. The summed E-state index contributed by atoms with van der Waals surface area (Å²) >= 11 is 5.32. The molecule has 0 amide bonds. The van der Waals surface area contributed by atoms with Gasteiger partial charge in [0.1, 0.15) is 0 Å². The molecule has 0 spiro atoms. The number of halogens is 5. The molecule has 27 heavy (non-hydrogen) atoms. The predicted octanol–water partition coefficient (Wildman–Crippen LogP) is 3.70. The van der Waals surface area contributed by atoms with E-state index in [4.69, 9.17) is 17.0 Å². The maximum absolute atomic E-state index is 14.2. The van der Waals surface area contributed by atoms with E-state index in [1.165, 1.54) is 0 Å². The molecular formula is C17H18ClF4N3OS. The highest BCUT2D eigenvalue weighted by molar-refractivity contribution is 7.71.